The number of benzene rings is 1. The van der Waals surface area contributed by atoms with Gasteiger partial charge >= 0.3 is 5.97 Å². The molecular weight excluding hydrogens is 272 g/mol. The number of amides is 1. The Morgan fingerprint density at radius 1 is 1.19 bits per heavy atom. The van der Waals surface area contributed by atoms with E-state index in [2.05, 4.69) is 5.32 Å². The number of carbonyl (C=O) groups is 3. The van der Waals surface area contributed by atoms with Crippen LogP contribution < -0.4 is 5.32 Å². The lowest BCUT2D eigenvalue weighted by molar-refractivity contribution is -0.137. The number of likely N-dealkylation sites (N-methyl/N-ethyl adjacent to an activating group) is 1. The van der Waals surface area contributed by atoms with Crippen LogP contribution in [-0.2, 0) is 9.59 Å². The Morgan fingerprint density at radius 2 is 1.81 bits per heavy atom. The molecule has 114 valence electrons. The van der Waals surface area contributed by atoms with Crippen molar-refractivity contribution in [2.24, 2.45) is 0 Å². The highest BCUT2D eigenvalue weighted by molar-refractivity contribution is 5.96. The third-order valence-corrected chi connectivity index (χ3v) is 3.03. The molecule has 0 heterocycles. The van der Waals surface area contributed by atoms with E-state index in [-0.39, 0.29) is 24.7 Å². The van der Waals surface area contributed by atoms with E-state index in [0.717, 1.165) is 0 Å². The van der Waals surface area contributed by atoms with Gasteiger partial charge in [0.1, 0.15) is 0 Å². The summed E-state index contributed by atoms with van der Waals surface area (Å²) in [5.74, 6) is -1.12. The highest BCUT2D eigenvalue weighted by Crippen LogP contribution is 2.10. The normalized spacial score (nSPS) is 10.4. The van der Waals surface area contributed by atoms with Crippen LogP contribution in [0.1, 0.15) is 30.6 Å². The second-order valence-electron chi connectivity index (χ2n) is 4.69. The number of carboxylic acid groups (broad SMARTS) is 1. The van der Waals surface area contributed by atoms with Gasteiger partial charge in [0.05, 0.1) is 13.0 Å². The number of hydrogen-bond acceptors (Lipinski definition) is 4. The lowest BCUT2D eigenvalue weighted by atomic mass is 10.1. The van der Waals surface area contributed by atoms with E-state index in [4.69, 9.17) is 5.11 Å². The third kappa shape index (κ3) is 6.18. The zero-order valence-corrected chi connectivity index (χ0v) is 12.3. The average molecular weight is 292 g/mol. The first kappa shape index (κ1) is 16.8. The molecule has 6 heteroatoms. The smallest absolute Gasteiger partial charge is 0.304 e. The van der Waals surface area contributed by atoms with E-state index in [1.54, 1.807) is 29.2 Å². The molecule has 0 saturated heterocycles. The van der Waals surface area contributed by atoms with Gasteiger partial charge in [0.2, 0.25) is 5.91 Å². The maximum absolute atomic E-state index is 11.9. The van der Waals surface area contributed by atoms with Crippen molar-refractivity contribution < 1.29 is 19.5 Å². The number of anilines is 1. The highest BCUT2D eigenvalue weighted by Gasteiger charge is 2.11. The Hall–Kier alpha value is -2.21. The standard InChI is InChI=1S/C15H20N2O4/c1-3-17(9-8-15(20)21)10-14(19)16-13-6-4-12(5-7-13)11(2)18/h4-7H,3,8-10H2,1-2H3,(H,16,19)(H,20,21). The molecule has 0 aromatic heterocycles. The summed E-state index contributed by atoms with van der Waals surface area (Å²) in [5.41, 5.74) is 1.20. The topological polar surface area (TPSA) is 86.7 Å². The molecule has 0 aliphatic rings. The summed E-state index contributed by atoms with van der Waals surface area (Å²) < 4.78 is 0. The van der Waals surface area contributed by atoms with Gasteiger partial charge in [-0.05, 0) is 37.7 Å². The molecule has 0 aliphatic carbocycles. The number of nitrogens with zero attached hydrogens (tertiary/aromatic N) is 1. The van der Waals surface area contributed by atoms with Crippen LogP contribution in [0.15, 0.2) is 24.3 Å². The first-order valence-corrected chi connectivity index (χ1v) is 6.77. The van der Waals surface area contributed by atoms with Crippen LogP contribution in [0.4, 0.5) is 5.69 Å². The largest absolute Gasteiger partial charge is 0.481 e. The van der Waals surface area contributed by atoms with Gasteiger partial charge in [-0.2, -0.15) is 0 Å². The molecule has 6 nitrogen and oxygen atoms in total. The summed E-state index contributed by atoms with van der Waals surface area (Å²) in [5, 5.41) is 11.4. The molecule has 0 atom stereocenters. The minimum absolute atomic E-state index is 0.00836. The predicted octanol–water partition coefficient (Wildman–Crippen LogP) is 1.62. The zero-order chi connectivity index (χ0) is 15.8. The van der Waals surface area contributed by atoms with Crippen molar-refractivity contribution in [2.75, 3.05) is 25.0 Å². The summed E-state index contributed by atoms with van der Waals surface area (Å²) in [4.78, 5) is 35.3. The Bertz CT molecular complexity index is 511. The quantitative estimate of drug-likeness (QED) is 0.711. The predicted molar refractivity (Wildman–Crippen MR) is 79.4 cm³/mol. The molecule has 0 bridgehead atoms. The first-order valence-electron chi connectivity index (χ1n) is 6.77. The second kappa shape index (κ2) is 8.16. The van der Waals surface area contributed by atoms with E-state index < -0.39 is 5.97 Å². The van der Waals surface area contributed by atoms with Crippen LogP contribution in [0.5, 0.6) is 0 Å². The Kier molecular flexibility index (Phi) is 6.55. The number of Topliss-reactive ketones (excluding diaryl/α,β-unsaturated/α-hetero) is 1. The SMILES string of the molecule is CCN(CCC(=O)O)CC(=O)Nc1ccc(C(C)=O)cc1. The maximum atomic E-state index is 11.9. The minimum Gasteiger partial charge on any atom is -0.481 e. The van der Waals surface area contributed by atoms with E-state index in [9.17, 15) is 14.4 Å². The lowest BCUT2D eigenvalue weighted by Gasteiger charge is -2.18. The van der Waals surface area contributed by atoms with Crippen LogP contribution >= 0.6 is 0 Å². The molecule has 0 spiro atoms. The van der Waals surface area contributed by atoms with Crippen molar-refractivity contribution in [3.63, 3.8) is 0 Å². The fourth-order valence-electron chi connectivity index (χ4n) is 1.79. The van der Waals surface area contributed by atoms with Gasteiger partial charge in [0.15, 0.2) is 5.78 Å². The number of nitrogens with one attached hydrogen (secondary N) is 1. The van der Waals surface area contributed by atoms with Crippen LogP contribution in [0.25, 0.3) is 0 Å². The van der Waals surface area contributed by atoms with Crippen molar-refractivity contribution >= 4 is 23.3 Å². The lowest BCUT2D eigenvalue weighted by Crippen LogP contribution is -2.34. The summed E-state index contributed by atoms with van der Waals surface area (Å²) in [6.07, 6.45) is 0.00836. The second-order valence-corrected chi connectivity index (χ2v) is 4.69. The van der Waals surface area contributed by atoms with Crippen LogP contribution in [-0.4, -0.2) is 47.3 Å². The van der Waals surface area contributed by atoms with Crippen molar-refractivity contribution in [1.82, 2.24) is 4.90 Å². The summed E-state index contributed by atoms with van der Waals surface area (Å²) in [7, 11) is 0. The van der Waals surface area contributed by atoms with E-state index in [0.29, 0.717) is 24.3 Å². The van der Waals surface area contributed by atoms with Gasteiger partial charge in [-0.3, -0.25) is 19.3 Å². The zero-order valence-electron chi connectivity index (χ0n) is 12.3. The Morgan fingerprint density at radius 3 is 2.29 bits per heavy atom. The molecule has 1 amide bonds. The third-order valence-electron chi connectivity index (χ3n) is 3.03. The monoisotopic (exact) mass is 292 g/mol. The van der Waals surface area contributed by atoms with E-state index in [1.165, 1.54) is 6.92 Å². The van der Waals surface area contributed by atoms with Gasteiger partial charge in [0, 0.05) is 17.8 Å². The highest BCUT2D eigenvalue weighted by atomic mass is 16.4. The van der Waals surface area contributed by atoms with Crippen LogP contribution in [0, 0.1) is 0 Å². The number of aliphatic carboxylic acids is 1. The van der Waals surface area contributed by atoms with Gasteiger partial charge in [-0.25, -0.2) is 0 Å². The van der Waals surface area contributed by atoms with Gasteiger partial charge in [-0.15, -0.1) is 0 Å². The molecule has 0 saturated carbocycles. The summed E-state index contributed by atoms with van der Waals surface area (Å²) >= 11 is 0. The molecule has 21 heavy (non-hydrogen) atoms. The van der Waals surface area contributed by atoms with Crippen molar-refractivity contribution in [2.45, 2.75) is 20.3 Å². The number of carbonyl (C=O) groups excluding carboxylic acids is 2. The van der Waals surface area contributed by atoms with Crippen LogP contribution in [0.3, 0.4) is 0 Å². The van der Waals surface area contributed by atoms with Gasteiger partial charge in [-0.1, -0.05) is 6.92 Å². The molecule has 0 radical (unpaired) electrons. The molecule has 1 aromatic rings. The van der Waals surface area contributed by atoms with Crippen LogP contribution in [0.2, 0.25) is 0 Å². The molecule has 0 unspecified atom stereocenters. The molecule has 1 aromatic carbocycles. The van der Waals surface area contributed by atoms with E-state index >= 15 is 0 Å². The number of hydrogen-bond donors (Lipinski definition) is 2. The number of carboxylic acids is 1. The molecule has 2 N–H and O–H groups in total. The van der Waals surface area contributed by atoms with Gasteiger partial charge < -0.3 is 10.4 Å². The first-order chi connectivity index (χ1) is 9.92. The molecule has 0 aliphatic heterocycles. The van der Waals surface area contributed by atoms with Crippen molar-refractivity contribution in [3.05, 3.63) is 29.8 Å². The molecule has 0 fully saturated rings. The summed E-state index contributed by atoms with van der Waals surface area (Å²) in [6.45, 7) is 4.43. The average Bonchev–Trinajstić information content (AvgIpc) is 2.43. The van der Waals surface area contributed by atoms with E-state index in [1.807, 2.05) is 6.92 Å². The number of rotatable bonds is 8. The number of ketones is 1. The Labute approximate surface area is 123 Å². The maximum Gasteiger partial charge on any atom is 0.304 e. The molecule has 1 rings (SSSR count). The minimum atomic E-state index is -0.881. The Balaban J connectivity index is 2.51. The molecular formula is C15H20N2O4. The fourth-order valence-corrected chi connectivity index (χ4v) is 1.79. The van der Waals surface area contributed by atoms with Crippen molar-refractivity contribution in [1.29, 1.82) is 0 Å². The van der Waals surface area contributed by atoms with Crippen molar-refractivity contribution in [3.8, 4) is 0 Å². The fraction of sp³-hybridized carbons (Fsp3) is 0.400. The van der Waals surface area contributed by atoms with Gasteiger partial charge in [0.25, 0.3) is 0 Å². The summed E-state index contributed by atoms with van der Waals surface area (Å²) in [6, 6.07) is 6.64.